The number of hydrogen-bond donors (Lipinski definition) is 0. The molecule has 0 atom stereocenters. The Morgan fingerprint density at radius 3 is 1.72 bits per heavy atom. The zero-order chi connectivity index (χ0) is 36.0. The maximum atomic E-state index is 9.52. The second-order valence-electron chi connectivity index (χ2n) is 13.5. The number of para-hydroxylation sites is 2. The van der Waals surface area contributed by atoms with Crippen molar-refractivity contribution in [1.29, 1.82) is 5.26 Å². The van der Waals surface area contributed by atoms with Crippen molar-refractivity contribution in [3.05, 3.63) is 194 Å². The van der Waals surface area contributed by atoms with E-state index in [1.165, 1.54) is 10.8 Å². The Labute approximate surface area is 312 Å². The van der Waals surface area contributed by atoms with Gasteiger partial charge in [0.15, 0.2) is 5.82 Å². The van der Waals surface area contributed by atoms with E-state index in [2.05, 4.69) is 143 Å². The molecule has 0 unspecified atom stereocenters. The van der Waals surface area contributed by atoms with Crippen molar-refractivity contribution in [1.82, 2.24) is 19.1 Å². The molecule has 0 aliphatic carbocycles. The fraction of sp³-hybridized carbons (Fsp3) is 0. The zero-order valence-corrected chi connectivity index (χ0v) is 29.1. The molecule has 0 aliphatic heterocycles. The lowest BCUT2D eigenvalue weighted by Crippen LogP contribution is -1.99. The predicted octanol–water partition coefficient (Wildman–Crippen LogP) is 12.1. The largest absolute Gasteiger partial charge is 0.317 e. The van der Waals surface area contributed by atoms with Gasteiger partial charge in [-0.3, -0.25) is 0 Å². The molecule has 10 rings (SSSR count). The number of benzene rings is 7. The predicted molar refractivity (Wildman–Crippen MR) is 220 cm³/mol. The molecule has 0 radical (unpaired) electrons. The number of hydrogen-bond acceptors (Lipinski definition) is 3. The molecule has 3 heterocycles. The topological polar surface area (TPSA) is 59.4 Å². The lowest BCUT2D eigenvalue weighted by Gasteiger charge is -2.15. The van der Waals surface area contributed by atoms with Crippen molar-refractivity contribution in [3.63, 3.8) is 0 Å². The van der Waals surface area contributed by atoms with Crippen LogP contribution in [0.25, 0.3) is 89.1 Å². The van der Waals surface area contributed by atoms with Crippen LogP contribution in [0, 0.1) is 11.3 Å². The Morgan fingerprint density at radius 2 is 1.06 bits per heavy atom. The lowest BCUT2D eigenvalue weighted by molar-refractivity contribution is 1.13. The van der Waals surface area contributed by atoms with Crippen LogP contribution in [0.2, 0.25) is 0 Å². The lowest BCUT2D eigenvalue weighted by atomic mass is 9.99. The Bertz CT molecular complexity index is 2950. The van der Waals surface area contributed by atoms with Gasteiger partial charge in [0.25, 0.3) is 0 Å². The fourth-order valence-corrected chi connectivity index (χ4v) is 7.60. The minimum atomic E-state index is 0.634. The first-order valence-electron chi connectivity index (χ1n) is 18.0. The maximum Gasteiger partial charge on any atom is 0.160 e. The molecular formula is C49H31N5. The molecule has 0 amide bonds. The minimum absolute atomic E-state index is 0.634. The van der Waals surface area contributed by atoms with Crippen molar-refractivity contribution in [2.24, 2.45) is 0 Å². The molecule has 10 aromatic rings. The molecule has 5 nitrogen and oxygen atoms in total. The van der Waals surface area contributed by atoms with E-state index in [1.54, 1.807) is 0 Å². The molecule has 0 N–H and O–H groups in total. The van der Waals surface area contributed by atoms with E-state index in [9.17, 15) is 5.26 Å². The van der Waals surface area contributed by atoms with Crippen molar-refractivity contribution >= 4 is 32.7 Å². The first kappa shape index (κ1) is 31.2. The Kier molecular flexibility index (Phi) is 7.45. The van der Waals surface area contributed by atoms with Crippen LogP contribution in [0.15, 0.2) is 188 Å². The van der Waals surface area contributed by atoms with Crippen LogP contribution in [0.4, 0.5) is 0 Å². The second-order valence-corrected chi connectivity index (χ2v) is 13.5. The summed E-state index contributed by atoms with van der Waals surface area (Å²) >= 11 is 0. The molecule has 0 saturated heterocycles. The zero-order valence-electron chi connectivity index (χ0n) is 29.1. The van der Waals surface area contributed by atoms with E-state index in [0.717, 1.165) is 72.5 Å². The van der Waals surface area contributed by atoms with Gasteiger partial charge in [-0.25, -0.2) is 9.97 Å². The minimum Gasteiger partial charge on any atom is -0.317 e. The highest BCUT2D eigenvalue weighted by molar-refractivity contribution is 6.09. The second kappa shape index (κ2) is 12.9. The summed E-state index contributed by atoms with van der Waals surface area (Å²) in [4.78, 5) is 10.5. The van der Waals surface area contributed by atoms with Crippen LogP contribution in [0.1, 0.15) is 5.56 Å². The summed E-state index contributed by atoms with van der Waals surface area (Å²) in [5, 5.41) is 13.0. The molecule has 0 bridgehead atoms. The van der Waals surface area contributed by atoms with Crippen LogP contribution in [0.3, 0.4) is 0 Å². The summed E-state index contributed by atoms with van der Waals surface area (Å²) in [7, 11) is 0. The van der Waals surface area contributed by atoms with Gasteiger partial charge in [0.05, 0.1) is 39.6 Å². The molecule has 54 heavy (non-hydrogen) atoms. The summed E-state index contributed by atoms with van der Waals surface area (Å²) < 4.78 is 4.49. The highest BCUT2D eigenvalue weighted by Crippen LogP contribution is 2.37. The Morgan fingerprint density at radius 1 is 0.426 bits per heavy atom. The van der Waals surface area contributed by atoms with Crippen molar-refractivity contribution < 1.29 is 0 Å². The van der Waals surface area contributed by atoms with Crippen LogP contribution in [-0.4, -0.2) is 19.1 Å². The number of nitriles is 1. The number of aromatic nitrogens is 4. The van der Waals surface area contributed by atoms with Gasteiger partial charge in [-0.05, 0) is 83.9 Å². The average molecular weight is 690 g/mol. The van der Waals surface area contributed by atoms with Gasteiger partial charge in [0.2, 0.25) is 0 Å². The molecule has 0 aliphatic rings. The molecule has 0 spiro atoms. The van der Waals surface area contributed by atoms with Crippen LogP contribution >= 0.6 is 0 Å². The van der Waals surface area contributed by atoms with Crippen molar-refractivity contribution in [3.8, 4) is 62.5 Å². The van der Waals surface area contributed by atoms with Gasteiger partial charge in [-0.1, -0.05) is 109 Å². The summed E-state index contributed by atoms with van der Waals surface area (Å²) in [5.74, 6) is 0.656. The third-order valence-corrected chi connectivity index (χ3v) is 10.2. The van der Waals surface area contributed by atoms with Gasteiger partial charge < -0.3 is 9.13 Å². The average Bonchev–Trinajstić information content (AvgIpc) is 3.83. The van der Waals surface area contributed by atoms with Gasteiger partial charge >= 0.3 is 0 Å². The smallest absolute Gasteiger partial charge is 0.160 e. The highest BCUT2D eigenvalue weighted by Gasteiger charge is 2.17. The molecule has 0 fully saturated rings. The van der Waals surface area contributed by atoms with Crippen molar-refractivity contribution in [2.45, 2.75) is 0 Å². The van der Waals surface area contributed by atoms with Crippen LogP contribution < -0.4 is 0 Å². The standard InChI is InChI=1S/C49H31N5/c50-32-33-12-11-17-40(26-33)53-25-24-37-27-36(22-23-46(37)53)38-28-39(30-41(29-38)54-47-20-9-7-18-42(47)43-19-8-10-21-48(43)54)49-51-44(34-13-3-1-4-14-34)31-45(52-49)35-15-5-2-6-16-35/h1-31H. The Hall–Kier alpha value is -7.55. The number of nitrogens with zero attached hydrogens (tertiary/aromatic N) is 5. The van der Waals surface area contributed by atoms with E-state index in [1.807, 2.05) is 60.7 Å². The first-order valence-corrected chi connectivity index (χ1v) is 18.0. The summed E-state index contributed by atoms with van der Waals surface area (Å²) in [6.45, 7) is 0. The summed E-state index contributed by atoms with van der Waals surface area (Å²) in [6, 6.07) is 65.3. The van der Waals surface area contributed by atoms with E-state index in [0.29, 0.717) is 11.4 Å². The Balaban J connectivity index is 1.21. The van der Waals surface area contributed by atoms with Gasteiger partial charge in [-0.15, -0.1) is 0 Å². The first-order chi connectivity index (χ1) is 26.7. The maximum absolute atomic E-state index is 9.52. The quantitative estimate of drug-likeness (QED) is 0.175. The highest BCUT2D eigenvalue weighted by atomic mass is 15.0. The third-order valence-electron chi connectivity index (χ3n) is 10.2. The normalized spacial score (nSPS) is 11.3. The van der Waals surface area contributed by atoms with Crippen molar-refractivity contribution in [2.75, 3.05) is 0 Å². The molecule has 3 aromatic heterocycles. The van der Waals surface area contributed by atoms with Crippen LogP contribution in [0.5, 0.6) is 0 Å². The van der Waals surface area contributed by atoms with E-state index < -0.39 is 0 Å². The SMILES string of the molecule is N#Cc1cccc(-n2ccc3cc(-c4cc(-c5nc(-c6ccccc6)cc(-c6ccccc6)n5)cc(-n5c6ccccc6c6ccccc65)c4)ccc32)c1. The monoisotopic (exact) mass is 689 g/mol. The fourth-order valence-electron chi connectivity index (χ4n) is 7.60. The molecule has 7 aromatic carbocycles. The van der Waals surface area contributed by atoms with E-state index in [-0.39, 0.29) is 0 Å². The van der Waals surface area contributed by atoms with Gasteiger partial charge in [-0.2, -0.15) is 5.26 Å². The molecular weight excluding hydrogens is 659 g/mol. The summed E-state index contributed by atoms with van der Waals surface area (Å²) in [5.41, 5.74) is 12.8. The van der Waals surface area contributed by atoms with Gasteiger partial charge in [0.1, 0.15) is 0 Å². The van der Waals surface area contributed by atoms with E-state index in [4.69, 9.17) is 9.97 Å². The van der Waals surface area contributed by atoms with E-state index >= 15 is 0 Å². The summed E-state index contributed by atoms with van der Waals surface area (Å²) in [6.07, 6.45) is 2.07. The third kappa shape index (κ3) is 5.42. The number of fused-ring (bicyclic) bond motifs is 4. The van der Waals surface area contributed by atoms with Gasteiger partial charge in [0, 0.05) is 50.4 Å². The molecule has 252 valence electrons. The molecule has 0 saturated carbocycles. The molecule has 5 heteroatoms. The van der Waals surface area contributed by atoms with Crippen LogP contribution in [-0.2, 0) is 0 Å². The number of rotatable bonds is 6.